The van der Waals surface area contributed by atoms with Crippen LogP contribution >= 0.6 is 0 Å². The van der Waals surface area contributed by atoms with Crippen molar-refractivity contribution in [2.75, 3.05) is 25.6 Å². The smallest absolute Gasteiger partial charge is 0.238 e. The molecule has 0 atom stereocenters. The zero-order valence-corrected chi connectivity index (χ0v) is 9.77. The van der Waals surface area contributed by atoms with Gasteiger partial charge in [-0.05, 0) is 12.5 Å². The Morgan fingerprint density at radius 3 is 2.94 bits per heavy atom. The van der Waals surface area contributed by atoms with Crippen molar-refractivity contribution < 1.29 is 13.2 Å². The summed E-state index contributed by atoms with van der Waals surface area (Å²) in [4.78, 5) is 0. The zero-order chi connectivity index (χ0) is 11.4. The number of nitrogens with zero attached hydrogens (tertiary/aromatic N) is 3. The number of hydrogen-bond acceptors (Lipinski definition) is 4. The fraction of sp³-hybridized carbons (Fsp3) is 0.667. The SMILES string of the molecule is O=S1(=O)COCCN1CCCn1cccn1. The van der Waals surface area contributed by atoms with Crippen LogP contribution in [0.3, 0.4) is 0 Å². The summed E-state index contributed by atoms with van der Waals surface area (Å²) in [5.74, 6) is -0.186. The molecule has 16 heavy (non-hydrogen) atoms. The minimum Gasteiger partial charge on any atom is -0.363 e. The number of aryl methyl sites for hydroxylation is 1. The highest BCUT2D eigenvalue weighted by atomic mass is 32.2. The third-order valence-corrected chi connectivity index (χ3v) is 4.08. The molecule has 90 valence electrons. The summed E-state index contributed by atoms with van der Waals surface area (Å²) in [5, 5.41) is 4.06. The molecule has 0 saturated carbocycles. The Morgan fingerprint density at radius 1 is 1.38 bits per heavy atom. The van der Waals surface area contributed by atoms with Gasteiger partial charge >= 0.3 is 0 Å². The summed E-state index contributed by atoms with van der Waals surface area (Å²) < 4.78 is 31.3. The maximum atomic E-state index is 11.6. The summed E-state index contributed by atoms with van der Waals surface area (Å²) in [7, 11) is -3.18. The van der Waals surface area contributed by atoms with Crippen LogP contribution < -0.4 is 0 Å². The van der Waals surface area contributed by atoms with Gasteiger partial charge in [0.1, 0.15) is 0 Å². The van der Waals surface area contributed by atoms with E-state index in [0.29, 0.717) is 19.7 Å². The number of rotatable bonds is 4. The van der Waals surface area contributed by atoms with E-state index in [0.717, 1.165) is 13.0 Å². The summed E-state index contributed by atoms with van der Waals surface area (Å²) in [6.45, 7) is 2.22. The van der Waals surface area contributed by atoms with Crippen molar-refractivity contribution in [3.05, 3.63) is 18.5 Å². The van der Waals surface area contributed by atoms with Gasteiger partial charge in [0, 0.05) is 32.0 Å². The molecule has 1 saturated heterocycles. The third kappa shape index (κ3) is 2.81. The molecule has 1 aliphatic heterocycles. The van der Waals surface area contributed by atoms with Gasteiger partial charge in [-0.15, -0.1) is 0 Å². The molecule has 1 aromatic heterocycles. The van der Waals surface area contributed by atoms with E-state index in [1.54, 1.807) is 10.9 Å². The van der Waals surface area contributed by atoms with Crippen molar-refractivity contribution in [3.63, 3.8) is 0 Å². The molecule has 6 nitrogen and oxygen atoms in total. The molecule has 0 N–H and O–H groups in total. The maximum Gasteiger partial charge on any atom is 0.238 e. The average molecular weight is 245 g/mol. The van der Waals surface area contributed by atoms with Crippen molar-refractivity contribution in [1.29, 1.82) is 0 Å². The Balaban J connectivity index is 1.81. The highest BCUT2D eigenvalue weighted by molar-refractivity contribution is 7.88. The van der Waals surface area contributed by atoms with E-state index in [-0.39, 0.29) is 5.94 Å². The van der Waals surface area contributed by atoms with E-state index in [9.17, 15) is 8.42 Å². The molecule has 2 rings (SSSR count). The molecular weight excluding hydrogens is 230 g/mol. The van der Waals surface area contributed by atoms with Crippen molar-refractivity contribution in [2.45, 2.75) is 13.0 Å². The fourth-order valence-corrected chi connectivity index (χ4v) is 2.87. The summed E-state index contributed by atoms with van der Waals surface area (Å²) in [5.41, 5.74) is 0. The minimum atomic E-state index is -3.18. The van der Waals surface area contributed by atoms with Crippen LogP contribution in [-0.2, 0) is 21.3 Å². The van der Waals surface area contributed by atoms with Crippen molar-refractivity contribution in [1.82, 2.24) is 14.1 Å². The minimum absolute atomic E-state index is 0.186. The molecule has 0 aliphatic carbocycles. The molecular formula is C9H15N3O3S. The van der Waals surface area contributed by atoms with Gasteiger partial charge in [-0.25, -0.2) is 8.42 Å². The van der Waals surface area contributed by atoms with Crippen LogP contribution in [0.15, 0.2) is 18.5 Å². The number of aromatic nitrogens is 2. The monoisotopic (exact) mass is 245 g/mol. The molecule has 2 heterocycles. The van der Waals surface area contributed by atoms with Crippen molar-refractivity contribution >= 4 is 10.0 Å². The Kier molecular flexibility index (Phi) is 3.57. The van der Waals surface area contributed by atoms with Crippen LogP contribution in [-0.4, -0.2) is 48.1 Å². The molecule has 0 spiro atoms. The van der Waals surface area contributed by atoms with Crippen LogP contribution in [0.1, 0.15) is 6.42 Å². The molecule has 0 amide bonds. The summed E-state index contributed by atoms with van der Waals surface area (Å²) in [6.07, 6.45) is 4.35. The average Bonchev–Trinajstić information content (AvgIpc) is 2.73. The standard InChI is InChI=1S/C9H15N3O3S/c13-16(14)9-15-8-7-12(16)6-2-5-11-4-1-3-10-11/h1,3-4H,2,5-9H2. The second-order valence-electron chi connectivity index (χ2n) is 3.66. The Morgan fingerprint density at radius 2 is 2.25 bits per heavy atom. The first-order valence-corrected chi connectivity index (χ1v) is 6.82. The van der Waals surface area contributed by atoms with Crippen LogP contribution in [0.25, 0.3) is 0 Å². The first-order chi connectivity index (χ1) is 7.68. The highest BCUT2D eigenvalue weighted by Gasteiger charge is 2.25. The van der Waals surface area contributed by atoms with Crippen molar-refractivity contribution in [2.24, 2.45) is 0 Å². The molecule has 0 radical (unpaired) electrons. The Bertz CT molecular complexity index is 415. The van der Waals surface area contributed by atoms with E-state index in [2.05, 4.69) is 5.10 Å². The molecule has 0 bridgehead atoms. The highest BCUT2D eigenvalue weighted by Crippen LogP contribution is 2.08. The lowest BCUT2D eigenvalue weighted by molar-refractivity contribution is 0.131. The quantitative estimate of drug-likeness (QED) is 0.742. The maximum absolute atomic E-state index is 11.6. The van der Waals surface area contributed by atoms with Gasteiger partial charge in [0.05, 0.1) is 6.61 Å². The molecule has 1 aliphatic rings. The first kappa shape index (κ1) is 11.6. The molecule has 1 fully saturated rings. The third-order valence-electron chi connectivity index (χ3n) is 2.46. The van der Waals surface area contributed by atoms with Gasteiger partial charge in [0.2, 0.25) is 10.0 Å². The summed E-state index contributed by atoms with van der Waals surface area (Å²) in [6, 6.07) is 1.85. The van der Waals surface area contributed by atoms with Crippen LogP contribution in [0, 0.1) is 0 Å². The van der Waals surface area contributed by atoms with Gasteiger partial charge in [-0.3, -0.25) is 4.68 Å². The van der Waals surface area contributed by atoms with E-state index in [4.69, 9.17) is 4.74 Å². The lowest BCUT2D eigenvalue weighted by Gasteiger charge is -2.26. The zero-order valence-electron chi connectivity index (χ0n) is 8.95. The largest absolute Gasteiger partial charge is 0.363 e. The molecule has 1 aromatic rings. The van der Waals surface area contributed by atoms with Gasteiger partial charge < -0.3 is 4.74 Å². The van der Waals surface area contributed by atoms with Crippen molar-refractivity contribution in [3.8, 4) is 0 Å². The number of sulfonamides is 1. The fourth-order valence-electron chi connectivity index (χ4n) is 1.64. The van der Waals surface area contributed by atoms with Gasteiger partial charge in [-0.1, -0.05) is 0 Å². The summed E-state index contributed by atoms with van der Waals surface area (Å²) >= 11 is 0. The topological polar surface area (TPSA) is 64.4 Å². The normalized spacial score (nSPS) is 21.0. The van der Waals surface area contributed by atoms with E-state index < -0.39 is 10.0 Å². The van der Waals surface area contributed by atoms with Crippen LogP contribution in [0.4, 0.5) is 0 Å². The number of hydrogen-bond donors (Lipinski definition) is 0. The van der Waals surface area contributed by atoms with Crippen LogP contribution in [0.2, 0.25) is 0 Å². The molecule has 7 heteroatoms. The van der Waals surface area contributed by atoms with Gasteiger partial charge in [-0.2, -0.15) is 9.40 Å². The van der Waals surface area contributed by atoms with Gasteiger partial charge in [0.15, 0.2) is 5.94 Å². The lowest BCUT2D eigenvalue weighted by Crippen LogP contribution is -2.41. The second-order valence-corrected chi connectivity index (χ2v) is 5.58. The lowest BCUT2D eigenvalue weighted by atomic mass is 10.4. The molecule has 0 unspecified atom stereocenters. The van der Waals surface area contributed by atoms with Gasteiger partial charge in [0.25, 0.3) is 0 Å². The molecule has 0 aromatic carbocycles. The van der Waals surface area contributed by atoms with E-state index >= 15 is 0 Å². The predicted molar refractivity (Wildman–Crippen MR) is 58.2 cm³/mol. The Labute approximate surface area is 94.9 Å². The second kappa shape index (κ2) is 4.94. The first-order valence-electron chi connectivity index (χ1n) is 5.21. The van der Waals surface area contributed by atoms with E-state index in [1.807, 2.05) is 12.3 Å². The Hall–Kier alpha value is -0.920. The van der Waals surface area contributed by atoms with E-state index in [1.165, 1.54) is 4.31 Å². The predicted octanol–water partition coefficient (Wildman–Crippen LogP) is -0.107. The number of ether oxygens (including phenoxy) is 1. The van der Waals surface area contributed by atoms with Crippen LogP contribution in [0.5, 0.6) is 0 Å².